The first-order valence-electron chi connectivity index (χ1n) is 9.55. The number of hydrogen-bond acceptors (Lipinski definition) is 5. The van der Waals surface area contributed by atoms with Crippen molar-refractivity contribution in [2.45, 2.75) is 13.0 Å². The van der Waals surface area contributed by atoms with Crippen molar-refractivity contribution in [2.24, 2.45) is 0 Å². The Hall–Kier alpha value is -4.07. The third-order valence-corrected chi connectivity index (χ3v) is 5.32. The maximum absolute atomic E-state index is 13.1. The summed E-state index contributed by atoms with van der Waals surface area (Å²) in [7, 11) is 0. The fourth-order valence-electron chi connectivity index (χ4n) is 3.81. The maximum Gasteiger partial charge on any atom is 0.271 e. The van der Waals surface area contributed by atoms with Gasteiger partial charge in [-0.3, -0.25) is 14.9 Å². The highest BCUT2D eigenvalue weighted by atomic mass is 16.6. The van der Waals surface area contributed by atoms with Gasteiger partial charge in [0.1, 0.15) is 0 Å². The summed E-state index contributed by atoms with van der Waals surface area (Å²) in [6, 6.07) is 16.4. The van der Waals surface area contributed by atoms with E-state index < -0.39 is 4.92 Å². The van der Waals surface area contributed by atoms with Gasteiger partial charge < -0.3 is 4.90 Å². The molecule has 1 amide bonds. The van der Waals surface area contributed by atoms with Gasteiger partial charge in [-0.1, -0.05) is 36.4 Å². The molecule has 0 N–H and O–H groups in total. The van der Waals surface area contributed by atoms with Crippen LogP contribution in [0.25, 0.3) is 11.0 Å². The lowest BCUT2D eigenvalue weighted by atomic mass is 10.1. The number of benzene rings is 2. The number of pyridine rings is 1. The summed E-state index contributed by atoms with van der Waals surface area (Å²) >= 11 is 0. The summed E-state index contributed by atoms with van der Waals surface area (Å²) < 4.78 is 1.80. The molecule has 5 rings (SSSR count). The zero-order valence-electron chi connectivity index (χ0n) is 15.9. The molecule has 2 aromatic carbocycles. The average Bonchev–Trinajstić information content (AvgIpc) is 3.37. The average molecular weight is 399 g/mol. The van der Waals surface area contributed by atoms with E-state index in [1.54, 1.807) is 34.1 Å². The van der Waals surface area contributed by atoms with E-state index >= 15 is 0 Å². The molecule has 0 saturated heterocycles. The fraction of sp³-hybridized carbons (Fsp3) is 0.136. The lowest BCUT2D eigenvalue weighted by Crippen LogP contribution is -2.29. The molecule has 1 aliphatic rings. The van der Waals surface area contributed by atoms with Crippen molar-refractivity contribution in [2.75, 3.05) is 11.4 Å². The number of hydrogen-bond donors (Lipinski definition) is 0. The van der Waals surface area contributed by atoms with E-state index in [1.807, 2.05) is 30.3 Å². The van der Waals surface area contributed by atoms with Gasteiger partial charge in [0.15, 0.2) is 5.65 Å². The Balaban J connectivity index is 1.44. The highest BCUT2D eigenvalue weighted by molar-refractivity contribution is 6.08. The monoisotopic (exact) mass is 399 g/mol. The number of non-ortho nitro benzene ring substituents is 1. The molecule has 30 heavy (non-hydrogen) atoms. The van der Waals surface area contributed by atoms with Crippen LogP contribution in [0.3, 0.4) is 0 Å². The molecule has 0 spiro atoms. The first-order chi connectivity index (χ1) is 14.6. The van der Waals surface area contributed by atoms with Gasteiger partial charge in [-0.15, -0.1) is 0 Å². The van der Waals surface area contributed by atoms with Crippen LogP contribution in [-0.4, -0.2) is 32.1 Å². The minimum atomic E-state index is -0.448. The summed E-state index contributed by atoms with van der Waals surface area (Å²) in [5.41, 5.74) is 3.74. The molecular weight excluding hydrogens is 382 g/mol. The molecule has 0 atom stereocenters. The molecule has 0 bridgehead atoms. The predicted molar refractivity (Wildman–Crippen MR) is 112 cm³/mol. The van der Waals surface area contributed by atoms with Crippen molar-refractivity contribution in [1.82, 2.24) is 14.8 Å². The Morgan fingerprint density at radius 2 is 1.93 bits per heavy atom. The van der Waals surface area contributed by atoms with Gasteiger partial charge in [0.05, 0.1) is 28.9 Å². The SMILES string of the molecule is O=C(c1cnc2c(cnn2Cc2ccccc2)c1)N1CCc2ccc([N+](=O)[O-])cc21. The fourth-order valence-corrected chi connectivity index (χ4v) is 3.81. The third kappa shape index (κ3) is 3.08. The molecule has 4 aromatic rings. The van der Waals surface area contributed by atoms with Crippen molar-refractivity contribution in [3.8, 4) is 0 Å². The summed E-state index contributed by atoms with van der Waals surface area (Å²) in [4.78, 5) is 29.8. The molecule has 0 radical (unpaired) electrons. The normalized spacial score (nSPS) is 12.9. The number of amides is 1. The van der Waals surface area contributed by atoms with Gasteiger partial charge in [-0.25, -0.2) is 9.67 Å². The Morgan fingerprint density at radius 1 is 1.10 bits per heavy atom. The van der Waals surface area contributed by atoms with Crippen LogP contribution in [-0.2, 0) is 13.0 Å². The number of fused-ring (bicyclic) bond motifs is 2. The minimum absolute atomic E-state index is 0.0239. The number of nitrogens with zero attached hydrogens (tertiary/aromatic N) is 5. The van der Waals surface area contributed by atoms with Crippen molar-refractivity contribution in [3.05, 3.63) is 93.8 Å². The molecule has 0 fully saturated rings. The number of nitro benzene ring substituents is 1. The van der Waals surface area contributed by atoms with E-state index in [4.69, 9.17) is 0 Å². The molecule has 1 aliphatic heterocycles. The quantitative estimate of drug-likeness (QED) is 0.386. The summed E-state index contributed by atoms with van der Waals surface area (Å²) in [5, 5.41) is 16.3. The summed E-state index contributed by atoms with van der Waals surface area (Å²) in [5.74, 6) is -0.223. The summed E-state index contributed by atoms with van der Waals surface area (Å²) in [6.45, 7) is 1.08. The second-order valence-electron chi connectivity index (χ2n) is 7.20. The number of rotatable bonds is 4. The Bertz CT molecular complexity index is 1280. The lowest BCUT2D eigenvalue weighted by Gasteiger charge is -2.17. The zero-order chi connectivity index (χ0) is 20.7. The second kappa shape index (κ2) is 7.07. The van der Waals surface area contributed by atoms with Gasteiger partial charge in [0.25, 0.3) is 11.6 Å². The molecule has 2 aromatic heterocycles. The highest BCUT2D eigenvalue weighted by Crippen LogP contribution is 2.33. The first-order valence-corrected chi connectivity index (χ1v) is 9.55. The van der Waals surface area contributed by atoms with Crippen LogP contribution in [0.4, 0.5) is 11.4 Å². The number of aromatic nitrogens is 3. The van der Waals surface area contributed by atoms with E-state index in [-0.39, 0.29) is 11.6 Å². The zero-order valence-corrected chi connectivity index (χ0v) is 15.9. The molecule has 0 unspecified atom stereocenters. The van der Waals surface area contributed by atoms with Crippen LogP contribution < -0.4 is 4.90 Å². The van der Waals surface area contributed by atoms with Crippen LogP contribution in [0.1, 0.15) is 21.5 Å². The van der Waals surface area contributed by atoms with Gasteiger partial charge >= 0.3 is 0 Å². The van der Waals surface area contributed by atoms with E-state index in [2.05, 4.69) is 10.1 Å². The van der Waals surface area contributed by atoms with Crippen molar-refractivity contribution >= 4 is 28.3 Å². The number of anilines is 1. The van der Waals surface area contributed by atoms with E-state index in [1.165, 1.54) is 12.1 Å². The van der Waals surface area contributed by atoms with Crippen molar-refractivity contribution < 1.29 is 9.72 Å². The topological polar surface area (TPSA) is 94.2 Å². The second-order valence-corrected chi connectivity index (χ2v) is 7.20. The van der Waals surface area contributed by atoms with E-state index in [9.17, 15) is 14.9 Å². The maximum atomic E-state index is 13.1. The van der Waals surface area contributed by atoms with Crippen molar-refractivity contribution in [3.63, 3.8) is 0 Å². The number of carbonyl (C=O) groups is 1. The molecule has 3 heterocycles. The number of carbonyl (C=O) groups excluding carboxylic acids is 1. The van der Waals surface area contributed by atoms with Gasteiger partial charge in [-0.05, 0) is 23.6 Å². The Morgan fingerprint density at radius 3 is 2.73 bits per heavy atom. The molecule has 0 saturated carbocycles. The van der Waals surface area contributed by atoms with Crippen LogP contribution >= 0.6 is 0 Å². The predicted octanol–water partition coefficient (Wildman–Crippen LogP) is 3.59. The third-order valence-electron chi connectivity index (χ3n) is 5.32. The molecule has 8 nitrogen and oxygen atoms in total. The highest BCUT2D eigenvalue weighted by Gasteiger charge is 2.28. The lowest BCUT2D eigenvalue weighted by molar-refractivity contribution is -0.384. The van der Waals surface area contributed by atoms with E-state index in [0.717, 1.165) is 16.5 Å². The van der Waals surface area contributed by atoms with Crippen LogP contribution in [0, 0.1) is 10.1 Å². The van der Waals surface area contributed by atoms with Crippen LogP contribution in [0.5, 0.6) is 0 Å². The van der Waals surface area contributed by atoms with E-state index in [0.29, 0.717) is 36.4 Å². The minimum Gasteiger partial charge on any atom is -0.307 e. The first kappa shape index (κ1) is 18.0. The molecular formula is C22H17N5O3. The molecule has 0 aliphatic carbocycles. The van der Waals surface area contributed by atoms with Gasteiger partial charge in [-0.2, -0.15) is 5.10 Å². The number of nitro groups is 1. The van der Waals surface area contributed by atoms with Gasteiger partial charge in [0.2, 0.25) is 0 Å². The smallest absolute Gasteiger partial charge is 0.271 e. The Labute approximate surface area is 171 Å². The van der Waals surface area contributed by atoms with Gasteiger partial charge in [0, 0.05) is 30.3 Å². The molecule has 148 valence electrons. The largest absolute Gasteiger partial charge is 0.307 e. The Kier molecular flexibility index (Phi) is 4.24. The van der Waals surface area contributed by atoms with Crippen molar-refractivity contribution in [1.29, 1.82) is 0 Å². The summed E-state index contributed by atoms with van der Waals surface area (Å²) in [6.07, 6.45) is 3.91. The van der Waals surface area contributed by atoms with Crippen LogP contribution in [0.15, 0.2) is 67.0 Å². The standard InChI is InChI=1S/C22H17N5O3/c28-22(25-9-8-16-6-7-19(27(29)30)11-20(16)25)18-10-17-13-24-26(21(17)23-12-18)14-15-4-2-1-3-5-15/h1-7,10-13H,8-9,14H2. The van der Waals surface area contributed by atoms with Crippen LogP contribution in [0.2, 0.25) is 0 Å². The molecule has 8 heteroatoms.